The lowest BCUT2D eigenvalue weighted by Gasteiger charge is -2.30. The van der Waals surface area contributed by atoms with E-state index in [-0.39, 0.29) is 11.9 Å². The first-order valence-corrected chi connectivity index (χ1v) is 11.8. The SMILES string of the molecule is COCCCOc1cc(CN(C(=O)[C@H]2CNCCO2)C2CC2)cc(OCc2ccccc2)c1. The Labute approximate surface area is 196 Å². The smallest absolute Gasteiger partial charge is 0.253 e. The third-order valence-electron chi connectivity index (χ3n) is 5.78. The van der Waals surface area contributed by atoms with Crippen molar-refractivity contribution in [3.8, 4) is 11.5 Å². The van der Waals surface area contributed by atoms with Crippen LogP contribution >= 0.6 is 0 Å². The molecule has 1 heterocycles. The van der Waals surface area contributed by atoms with Crippen molar-refractivity contribution in [2.45, 2.75) is 44.6 Å². The number of ether oxygens (including phenoxy) is 4. The zero-order chi connectivity index (χ0) is 22.9. The van der Waals surface area contributed by atoms with E-state index in [9.17, 15) is 4.79 Å². The van der Waals surface area contributed by atoms with Gasteiger partial charge in [-0.1, -0.05) is 30.3 Å². The summed E-state index contributed by atoms with van der Waals surface area (Å²) in [7, 11) is 1.69. The summed E-state index contributed by atoms with van der Waals surface area (Å²) in [5.74, 6) is 1.53. The van der Waals surface area contributed by atoms with Gasteiger partial charge in [0.1, 0.15) is 24.2 Å². The number of nitrogens with zero attached hydrogens (tertiary/aromatic N) is 1. The van der Waals surface area contributed by atoms with Crippen molar-refractivity contribution < 1.29 is 23.7 Å². The number of amides is 1. The van der Waals surface area contributed by atoms with Crippen LogP contribution in [0.3, 0.4) is 0 Å². The van der Waals surface area contributed by atoms with Gasteiger partial charge in [-0.25, -0.2) is 0 Å². The standard InChI is InChI=1S/C26H34N2O5/c1-30-11-5-12-31-23-14-21(15-24(16-23)33-19-20-6-3-2-4-7-20)18-28(22-8-9-22)26(29)25-17-27-10-13-32-25/h2-4,6-7,14-16,22,25,27H,5,8-13,17-19H2,1H3/t25-/m1/s1. The van der Waals surface area contributed by atoms with Crippen LogP contribution in [0.1, 0.15) is 30.4 Å². The zero-order valence-electron chi connectivity index (χ0n) is 19.3. The summed E-state index contributed by atoms with van der Waals surface area (Å²) in [6.07, 6.45) is 2.47. The van der Waals surface area contributed by atoms with Crippen molar-refractivity contribution in [2.24, 2.45) is 0 Å². The number of nitrogens with one attached hydrogen (secondary N) is 1. The van der Waals surface area contributed by atoms with E-state index < -0.39 is 6.10 Å². The van der Waals surface area contributed by atoms with E-state index in [1.165, 1.54) is 0 Å². The predicted molar refractivity (Wildman–Crippen MR) is 125 cm³/mol. The molecular weight excluding hydrogens is 420 g/mol. The molecule has 4 rings (SSSR count). The van der Waals surface area contributed by atoms with Gasteiger partial charge in [-0.2, -0.15) is 0 Å². The molecule has 0 radical (unpaired) electrons. The second kappa shape index (κ2) is 12.0. The summed E-state index contributed by atoms with van der Waals surface area (Å²) < 4.78 is 22.9. The number of benzene rings is 2. The van der Waals surface area contributed by atoms with Gasteiger partial charge in [-0.3, -0.25) is 4.79 Å². The molecule has 2 fully saturated rings. The van der Waals surface area contributed by atoms with Gasteiger partial charge in [0.15, 0.2) is 0 Å². The summed E-state index contributed by atoms with van der Waals surface area (Å²) in [6, 6.07) is 16.3. The van der Waals surface area contributed by atoms with Crippen molar-refractivity contribution in [2.75, 3.05) is 40.0 Å². The largest absolute Gasteiger partial charge is 0.493 e. The van der Waals surface area contributed by atoms with Crippen molar-refractivity contribution >= 4 is 5.91 Å². The van der Waals surface area contributed by atoms with Gasteiger partial charge < -0.3 is 29.2 Å². The number of morpholine rings is 1. The first-order valence-electron chi connectivity index (χ1n) is 11.8. The average Bonchev–Trinajstić information content (AvgIpc) is 3.70. The van der Waals surface area contributed by atoms with Crippen LogP contribution in [-0.4, -0.2) is 63.0 Å². The molecule has 7 heteroatoms. The van der Waals surface area contributed by atoms with E-state index in [1.807, 2.05) is 53.4 Å². The van der Waals surface area contributed by atoms with Crippen LogP contribution in [0, 0.1) is 0 Å². The maximum Gasteiger partial charge on any atom is 0.253 e. The Morgan fingerprint density at radius 3 is 2.55 bits per heavy atom. The number of carbonyl (C=O) groups excluding carboxylic acids is 1. The molecule has 7 nitrogen and oxygen atoms in total. The van der Waals surface area contributed by atoms with Crippen molar-refractivity contribution in [1.82, 2.24) is 10.2 Å². The van der Waals surface area contributed by atoms with Crippen LogP contribution in [0.5, 0.6) is 11.5 Å². The van der Waals surface area contributed by atoms with E-state index in [2.05, 4.69) is 5.32 Å². The van der Waals surface area contributed by atoms with Gasteiger partial charge in [0.2, 0.25) is 0 Å². The molecular formula is C26H34N2O5. The number of methoxy groups -OCH3 is 1. The van der Waals surface area contributed by atoms with E-state index in [0.29, 0.717) is 39.5 Å². The second-order valence-corrected chi connectivity index (χ2v) is 8.54. The summed E-state index contributed by atoms with van der Waals surface area (Å²) in [5.41, 5.74) is 2.09. The topological polar surface area (TPSA) is 69.3 Å². The fourth-order valence-corrected chi connectivity index (χ4v) is 3.90. The maximum atomic E-state index is 13.2. The Morgan fingerprint density at radius 2 is 1.85 bits per heavy atom. The Bertz CT molecular complexity index is 882. The average molecular weight is 455 g/mol. The minimum atomic E-state index is -0.415. The number of carbonyl (C=O) groups is 1. The molecule has 2 aromatic rings. The minimum Gasteiger partial charge on any atom is -0.493 e. The van der Waals surface area contributed by atoms with Crippen LogP contribution in [0.4, 0.5) is 0 Å². The van der Waals surface area contributed by atoms with Crippen molar-refractivity contribution in [1.29, 1.82) is 0 Å². The minimum absolute atomic E-state index is 0.0582. The van der Waals surface area contributed by atoms with Gasteiger partial charge in [0.25, 0.3) is 5.91 Å². The summed E-state index contributed by atoms with van der Waals surface area (Å²) >= 11 is 0. The van der Waals surface area contributed by atoms with Crippen molar-refractivity contribution in [3.05, 3.63) is 59.7 Å². The normalized spacial score (nSPS) is 18.0. The number of hydrogen-bond acceptors (Lipinski definition) is 6. The molecule has 178 valence electrons. The van der Waals surface area contributed by atoms with E-state index >= 15 is 0 Å². The first-order chi connectivity index (χ1) is 16.2. The summed E-state index contributed by atoms with van der Waals surface area (Å²) in [4.78, 5) is 15.2. The molecule has 2 aromatic carbocycles. The fraction of sp³-hybridized carbons (Fsp3) is 0.500. The van der Waals surface area contributed by atoms with E-state index in [4.69, 9.17) is 18.9 Å². The highest BCUT2D eigenvalue weighted by Gasteiger charge is 2.37. The molecule has 1 aliphatic heterocycles. The van der Waals surface area contributed by atoms with Gasteiger partial charge in [0.05, 0.1) is 13.2 Å². The summed E-state index contributed by atoms with van der Waals surface area (Å²) in [5, 5.41) is 3.26. The molecule has 1 N–H and O–H groups in total. The van der Waals surface area contributed by atoms with Gasteiger partial charge in [-0.05, 0) is 36.1 Å². The molecule has 1 atom stereocenters. The van der Waals surface area contributed by atoms with Crippen LogP contribution in [0.2, 0.25) is 0 Å². The van der Waals surface area contributed by atoms with Gasteiger partial charge in [-0.15, -0.1) is 0 Å². The third-order valence-corrected chi connectivity index (χ3v) is 5.78. The molecule has 1 saturated heterocycles. The maximum absolute atomic E-state index is 13.2. The Hall–Kier alpha value is -2.61. The highest BCUT2D eigenvalue weighted by atomic mass is 16.5. The number of rotatable bonds is 12. The molecule has 1 aliphatic carbocycles. The van der Waals surface area contributed by atoms with Crippen LogP contribution < -0.4 is 14.8 Å². The molecule has 2 aliphatic rings. The van der Waals surface area contributed by atoms with Crippen LogP contribution in [-0.2, 0) is 27.4 Å². The highest BCUT2D eigenvalue weighted by Crippen LogP contribution is 2.31. The lowest BCUT2D eigenvalue weighted by molar-refractivity contribution is -0.146. The van der Waals surface area contributed by atoms with Gasteiger partial charge >= 0.3 is 0 Å². The quantitative estimate of drug-likeness (QED) is 0.497. The van der Waals surface area contributed by atoms with Crippen molar-refractivity contribution in [3.63, 3.8) is 0 Å². The molecule has 0 aromatic heterocycles. The van der Waals surface area contributed by atoms with Gasteiger partial charge in [0, 0.05) is 51.9 Å². The molecule has 1 amide bonds. The Balaban J connectivity index is 1.48. The Morgan fingerprint density at radius 1 is 1.06 bits per heavy atom. The molecule has 0 bridgehead atoms. The summed E-state index contributed by atoms with van der Waals surface area (Å²) in [6.45, 7) is 4.12. The Kier molecular flexibility index (Phi) is 8.58. The zero-order valence-corrected chi connectivity index (χ0v) is 19.3. The lowest BCUT2D eigenvalue weighted by atomic mass is 10.1. The van der Waals surface area contributed by atoms with Crippen LogP contribution in [0.15, 0.2) is 48.5 Å². The monoisotopic (exact) mass is 454 g/mol. The molecule has 0 spiro atoms. The van der Waals surface area contributed by atoms with E-state index in [1.54, 1.807) is 7.11 Å². The van der Waals surface area contributed by atoms with Crippen LogP contribution in [0.25, 0.3) is 0 Å². The lowest BCUT2D eigenvalue weighted by Crippen LogP contribution is -2.49. The third kappa shape index (κ3) is 7.19. The predicted octanol–water partition coefficient (Wildman–Crippen LogP) is 3.16. The molecule has 33 heavy (non-hydrogen) atoms. The number of hydrogen-bond donors (Lipinski definition) is 1. The highest BCUT2D eigenvalue weighted by molar-refractivity contribution is 5.82. The molecule has 0 unspecified atom stereocenters. The first kappa shape index (κ1) is 23.5. The second-order valence-electron chi connectivity index (χ2n) is 8.54. The fourth-order valence-electron chi connectivity index (χ4n) is 3.90. The van der Waals surface area contributed by atoms with E-state index in [0.717, 1.165) is 48.4 Å². The molecule has 1 saturated carbocycles.